The van der Waals surface area contributed by atoms with Crippen LogP contribution in [-0.2, 0) is 16.0 Å². The first-order valence-electron chi connectivity index (χ1n) is 9.18. The Balaban J connectivity index is 1.51. The smallest absolute Gasteiger partial charge is 0.303 e. The maximum atomic E-state index is 13.0. The Bertz CT molecular complexity index is 1020. The van der Waals surface area contributed by atoms with Crippen molar-refractivity contribution in [3.05, 3.63) is 47.6 Å². The number of carboxylic acid groups (broad SMARTS) is 1. The molecule has 0 radical (unpaired) electrons. The van der Waals surface area contributed by atoms with E-state index < -0.39 is 5.97 Å². The average molecular weight is 396 g/mol. The number of fused-ring (bicyclic) bond motifs is 1. The minimum absolute atomic E-state index is 0.0676. The lowest BCUT2D eigenvalue weighted by Gasteiger charge is -2.25. The highest BCUT2D eigenvalue weighted by Crippen LogP contribution is 2.32. The Kier molecular flexibility index (Phi) is 5.21. The van der Waals surface area contributed by atoms with Crippen molar-refractivity contribution in [2.75, 3.05) is 16.8 Å². The molecule has 144 valence electrons. The van der Waals surface area contributed by atoms with Gasteiger partial charge < -0.3 is 15.3 Å². The van der Waals surface area contributed by atoms with E-state index in [4.69, 9.17) is 5.11 Å². The zero-order chi connectivity index (χ0) is 19.5. The highest BCUT2D eigenvalue weighted by molar-refractivity contribution is 7.16. The molecular formula is C20H20N4O3S. The first-order valence-corrected chi connectivity index (χ1v) is 10.1. The van der Waals surface area contributed by atoms with Crippen LogP contribution < -0.4 is 10.2 Å². The summed E-state index contributed by atoms with van der Waals surface area (Å²) < 4.78 is 0. The minimum Gasteiger partial charge on any atom is -0.481 e. The van der Waals surface area contributed by atoms with Gasteiger partial charge in [0.15, 0.2) is 0 Å². The molecule has 1 atom stereocenters. The van der Waals surface area contributed by atoms with Gasteiger partial charge in [0.2, 0.25) is 5.91 Å². The molecule has 0 bridgehead atoms. The Morgan fingerprint density at radius 3 is 3.04 bits per heavy atom. The molecule has 1 aliphatic rings. The van der Waals surface area contributed by atoms with Crippen LogP contribution in [0.15, 0.2) is 42.0 Å². The topological polar surface area (TPSA) is 95.4 Å². The van der Waals surface area contributed by atoms with Crippen molar-refractivity contribution in [1.29, 1.82) is 0 Å². The Morgan fingerprint density at radius 1 is 1.29 bits per heavy atom. The number of benzene rings is 1. The van der Waals surface area contributed by atoms with Crippen molar-refractivity contribution in [2.24, 2.45) is 0 Å². The molecule has 1 saturated heterocycles. The number of aromatic nitrogens is 2. The molecular weight excluding hydrogens is 376 g/mol. The summed E-state index contributed by atoms with van der Waals surface area (Å²) in [6.45, 7) is 0.776. The molecule has 0 spiro atoms. The van der Waals surface area contributed by atoms with Crippen molar-refractivity contribution >= 4 is 44.9 Å². The van der Waals surface area contributed by atoms with Gasteiger partial charge in [-0.05, 0) is 48.4 Å². The van der Waals surface area contributed by atoms with E-state index in [1.54, 1.807) is 17.7 Å². The van der Waals surface area contributed by atoms with E-state index in [9.17, 15) is 9.59 Å². The van der Waals surface area contributed by atoms with Crippen LogP contribution in [0.5, 0.6) is 0 Å². The number of carboxylic acids is 1. The average Bonchev–Trinajstić information content (AvgIpc) is 3.35. The predicted octanol–water partition coefficient (Wildman–Crippen LogP) is 3.32. The third kappa shape index (κ3) is 3.82. The molecule has 28 heavy (non-hydrogen) atoms. The van der Waals surface area contributed by atoms with E-state index in [1.807, 2.05) is 35.7 Å². The zero-order valence-corrected chi connectivity index (χ0v) is 16.0. The standard InChI is InChI=1S/C20H20N4O3S/c25-17(26)7-6-13-3-1-4-14(11-13)23-19(27)16-5-2-9-24(16)18-15-8-10-28-20(15)22-12-21-18/h1,3-4,8,10-12,16H,2,5-7,9H2,(H,23,27)(H,25,26). The van der Waals surface area contributed by atoms with E-state index >= 15 is 0 Å². The number of nitrogens with one attached hydrogen (secondary N) is 1. The van der Waals surface area contributed by atoms with Gasteiger partial charge in [-0.2, -0.15) is 0 Å². The summed E-state index contributed by atoms with van der Waals surface area (Å²) in [5.74, 6) is -0.102. The SMILES string of the molecule is O=C(O)CCc1cccc(NC(=O)C2CCCN2c2ncnc3sccc23)c1. The maximum Gasteiger partial charge on any atom is 0.303 e. The van der Waals surface area contributed by atoms with Gasteiger partial charge >= 0.3 is 5.97 Å². The van der Waals surface area contributed by atoms with Crippen molar-refractivity contribution in [1.82, 2.24) is 9.97 Å². The van der Waals surface area contributed by atoms with Gasteiger partial charge in [0, 0.05) is 18.7 Å². The van der Waals surface area contributed by atoms with Gasteiger partial charge in [-0.1, -0.05) is 12.1 Å². The summed E-state index contributed by atoms with van der Waals surface area (Å²) in [5.41, 5.74) is 1.57. The van der Waals surface area contributed by atoms with E-state index in [-0.39, 0.29) is 18.4 Å². The summed E-state index contributed by atoms with van der Waals surface area (Å²) >= 11 is 1.56. The number of amides is 1. The van der Waals surface area contributed by atoms with Crippen molar-refractivity contribution in [3.8, 4) is 0 Å². The molecule has 1 fully saturated rings. The van der Waals surface area contributed by atoms with E-state index in [1.165, 1.54) is 0 Å². The molecule has 1 unspecified atom stereocenters. The molecule has 1 aliphatic heterocycles. The molecule has 0 saturated carbocycles. The molecule has 4 rings (SSSR count). The summed E-state index contributed by atoms with van der Waals surface area (Å²) in [6.07, 6.45) is 3.74. The van der Waals surface area contributed by atoms with Crippen LogP contribution >= 0.6 is 11.3 Å². The Labute approximate surface area is 166 Å². The van der Waals surface area contributed by atoms with Gasteiger partial charge in [-0.3, -0.25) is 9.59 Å². The third-order valence-electron chi connectivity index (χ3n) is 4.89. The first-order chi connectivity index (χ1) is 13.6. The second kappa shape index (κ2) is 7.93. The summed E-state index contributed by atoms with van der Waals surface area (Å²) in [4.78, 5) is 35.4. The number of carbonyl (C=O) groups is 2. The Morgan fingerprint density at radius 2 is 2.18 bits per heavy atom. The molecule has 1 aromatic carbocycles. The molecule has 2 aromatic heterocycles. The molecule has 2 N–H and O–H groups in total. The van der Waals surface area contributed by atoms with Crippen LogP contribution in [0.4, 0.5) is 11.5 Å². The molecule has 3 aromatic rings. The van der Waals surface area contributed by atoms with E-state index in [0.29, 0.717) is 12.1 Å². The largest absolute Gasteiger partial charge is 0.481 e. The fraction of sp³-hybridized carbons (Fsp3) is 0.300. The lowest BCUT2D eigenvalue weighted by Crippen LogP contribution is -2.40. The highest BCUT2D eigenvalue weighted by Gasteiger charge is 2.32. The molecule has 7 nitrogen and oxygen atoms in total. The van der Waals surface area contributed by atoms with Gasteiger partial charge in [0.05, 0.1) is 5.39 Å². The van der Waals surface area contributed by atoms with Gasteiger partial charge in [0.1, 0.15) is 23.0 Å². The second-order valence-corrected chi connectivity index (χ2v) is 7.67. The molecule has 3 heterocycles. The number of hydrogen-bond donors (Lipinski definition) is 2. The number of thiophene rings is 1. The zero-order valence-electron chi connectivity index (χ0n) is 15.2. The van der Waals surface area contributed by atoms with Crippen LogP contribution in [0.25, 0.3) is 10.2 Å². The van der Waals surface area contributed by atoms with Crippen LogP contribution in [0, 0.1) is 0 Å². The number of aliphatic carboxylic acids is 1. The number of rotatable bonds is 6. The first kappa shape index (κ1) is 18.4. The number of aryl methyl sites for hydroxylation is 1. The normalized spacial score (nSPS) is 16.4. The van der Waals surface area contributed by atoms with Crippen molar-refractivity contribution in [3.63, 3.8) is 0 Å². The fourth-order valence-corrected chi connectivity index (χ4v) is 4.31. The van der Waals surface area contributed by atoms with Crippen LogP contribution in [0.1, 0.15) is 24.8 Å². The Hall–Kier alpha value is -3.00. The number of anilines is 2. The van der Waals surface area contributed by atoms with Gasteiger partial charge in [0.25, 0.3) is 0 Å². The number of nitrogens with zero attached hydrogens (tertiary/aromatic N) is 3. The van der Waals surface area contributed by atoms with E-state index in [2.05, 4.69) is 20.2 Å². The third-order valence-corrected chi connectivity index (χ3v) is 5.71. The fourth-order valence-electron chi connectivity index (χ4n) is 3.58. The van der Waals surface area contributed by atoms with Crippen LogP contribution in [-0.4, -0.2) is 39.5 Å². The van der Waals surface area contributed by atoms with Crippen LogP contribution in [0.2, 0.25) is 0 Å². The molecule has 8 heteroatoms. The predicted molar refractivity (Wildman–Crippen MR) is 109 cm³/mol. The van der Waals surface area contributed by atoms with Gasteiger partial charge in [-0.25, -0.2) is 9.97 Å². The van der Waals surface area contributed by atoms with Crippen molar-refractivity contribution in [2.45, 2.75) is 31.7 Å². The summed E-state index contributed by atoms with van der Waals surface area (Å²) in [7, 11) is 0. The van der Waals surface area contributed by atoms with Gasteiger partial charge in [-0.15, -0.1) is 11.3 Å². The minimum atomic E-state index is -0.833. The van der Waals surface area contributed by atoms with Crippen molar-refractivity contribution < 1.29 is 14.7 Å². The maximum absolute atomic E-state index is 13.0. The molecule has 1 amide bonds. The van der Waals surface area contributed by atoms with E-state index in [0.717, 1.165) is 41.0 Å². The quantitative estimate of drug-likeness (QED) is 0.664. The second-order valence-electron chi connectivity index (χ2n) is 6.77. The lowest BCUT2D eigenvalue weighted by atomic mass is 10.1. The number of hydrogen-bond acceptors (Lipinski definition) is 6. The summed E-state index contributed by atoms with van der Waals surface area (Å²) in [6, 6.07) is 9.06. The molecule has 0 aliphatic carbocycles. The monoisotopic (exact) mass is 396 g/mol. The summed E-state index contributed by atoms with van der Waals surface area (Å²) in [5, 5.41) is 14.8. The number of carbonyl (C=O) groups excluding carboxylic acids is 1. The van der Waals surface area contributed by atoms with Crippen LogP contribution in [0.3, 0.4) is 0 Å². The lowest BCUT2D eigenvalue weighted by molar-refractivity contribution is -0.137. The highest BCUT2D eigenvalue weighted by atomic mass is 32.1.